The smallest absolute Gasteiger partial charge is 0.324 e. The molecule has 0 aliphatic rings. The van der Waals surface area contributed by atoms with Crippen LogP contribution >= 0.6 is 22.6 Å². The first-order valence-corrected chi connectivity index (χ1v) is 7.11. The van der Waals surface area contributed by atoms with E-state index in [2.05, 4.69) is 22.6 Å². The van der Waals surface area contributed by atoms with Crippen LogP contribution in [0.4, 0.5) is 13.2 Å². The van der Waals surface area contributed by atoms with Crippen molar-refractivity contribution in [1.29, 1.82) is 0 Å². The fraction of sp³-hybridized carbons (Fsp3) is 0.200. The molecule has 20 heavy (non-hydrogen) atoms. The lowest BCUT2D eigenvalue weighted by Crippen LogP contribution is -2.14. The molecule has 1 unspecified atom stereocenters. The third kappa shape index (κ3) is 3.96. The van der Waals surface area contributed by atoms with Crippen molar-refractivity contribution in [1.82, 2.24) is 0 Å². The Bertz CT molecular complexity index is 596. The maximum Gasteiger partial charge on any atom is 0.416 e. The summed E-state index contributed by atoms with van der Waals surface area (Å²) in [5, 5.41) is 0. The molecule has 0 aromatic heterocycles. The molecule has 0 saturated heterocycles. The topological polar surface area (TPSA) is 26.0 Å². The lowest BCUT2D eigenvalue weighted by Gasteiger charge is -2.14. The van der Waals surface area contributed by atoms with Gasteiger partial charge >= 0.3 is 6.18 Å². The van der Waals surface area contributed by atoms with E-state index in [0.717, 1.165) is 21.3 Å². The molecule has 1 nitrogen and oxygen atoms in total. The molecule has 2 aromatic carbocycles. The third-order valence-corrected chi connectivity index (χ3v) is 3.66. The van der Waals surface area contributed by atoms with E-state index in [0.29, 0.717) is 12.0 Å². The van der Waals surface area contributed by atoms with Crippen molar-refractivity contribution in [3.8, 4) is 0 Å². The Morgan fingerprint density at radius 3 is 2.40 bits per heavy atom. The van der Waals surface area contributed by atoms with Gasteiger partial charge in [0.05, 0.1) is 5.56 Å². The minimum atomic E-state index is -4.32. The van der Waals surface area contributed by atoms with Crippen LogP contribution in [0.5, 0.6) is 0 Å². The van der Waals surface area contributed by atoms with Crippen LogP contribution in [0.15, 0.2) is 48.5 Å². The minimum Gasteiger partial charge on any atom is -0.324 e. The second-order valence-electron chi connectivity index (χ2n) is 4.56. The normalized spacial score (nSPS) is 13.2. The van der Waals surface area contributed by atoms with E-state index in [-0.39, 0.29) is 6.04 Å². The van der Waals surface area contributed by atoms with Crippen LogP contribution in [0, 0.1) is 3.57 Å². The Morgan fingerprint density at radius 2 is 1.75 bits per heavy atom. The molecule has 2 aromatic rings. The van der Waals surface area contributed by atoms with Crippen LogP contribution in [0.2, 0.25) is 0 Å². The van der Waals surface area contributed by atoms with Gasteiger partial charge in [-0.3, -0.25) is 0 Å². The highest BCUT2D eigenvalue weighted by atomic mass is 127. The van der Waals surface area contributed by atoms with Crippen LogP contribution in [0.1, 0.15) is 22.7 Å². The maximum absolute atomic E-state index is 12.6. The Kier molecular flexibility index (Phi) is 4.70. The lowest BCUT2D eigenvalue weighted by molar-refractivity contribution is -0.137. The molecule has 0 aliphatic carbocycles. The highest BCUT2D eigenvalue weighted by molar-refractivity contribution is 14.1. The zero-order valence-corrected chi connectivity index (χ0v) is 12.6. The SMILES string of the molecule is NC(Cc1cccc(C(F)(F)F)c1)c1cccc(I)c1. The first-order chi connectivity index (χ1) is 9.36. The Balaban J connectivity index is 2.18. The molecule has 1 atom stereocenters. The number of benzene rings is 2. The summed E-state index contributed by atoms with van der Waals surface area (Å²) in [7, 11) is 0. The summed E-state index contributed by atoms with van der Waals surface area (Å²) >= 11 is 2.18. The molecular weight excluding hydrogens is 378 g/mol. The molecule has 106 valence electrons. The standard InChI is InChI=1S/C15H13F3IN/c16-15(17,18)12-5-1-3-10(7-12)8-14(20)11-4-2-6-13(19)9-11/h1-7,9,14H,8,20H2. The van der Waals surface area contributed by atoms with Crippen molar-refractivity contribution in [2.45, 2.75) is 18.6 Å². The van der Waals surface area contributed by atoms with Gasteiger partial charge in [0, 0.05) is 9.61 Å². The first-order valence-electron chi connectivity index (χ1n) is 6.03. The predicted molar refractivity (Wildman–Crippen MR) is 81.2 cm³/mol. The predicted octanol–water partition coefficient (Wildman–Crippen LogP) is 4.55. The van der Waals surface area contributed by atoms with Gasteiger partial charge in [-0.25, -0.2) is 0 Å². The second-order valence-corrected chi connectivity index (χ2v) is 5.81. The van der Waals surface area contributed by atoms with Crippen molar-refractivity contribution in [3.05, 3.63) is 68.8 Å². The number of rotatable bonds is 3. The summed E-state index contributed by atoms with van der Waals surface area (Å²) in [5.41, 5.74) is 6.95. The van der Waals surface area contributed by atoms with E-state index in [1.54, 1.807) is 6.07 Å². The van der Waals surface area contributed by atoms with E-state index in [1.165, 1.54) is 6.07 Å². The average Bonchev–Trinajstić information content (AvgIpc) is 2.38. The molecule has 0 fully saturated rings. The van der Waals surface area contributed by atoms with Crippen LogP contribution < -0.4 is 5.73 Å². The van der Waals surface area contributed by atoms with Gasteiger partial charge < -0.3 is 5.73 Å². The van der Waals surface area contributed by atoms with Crippen LogP contribution in [0.3, 0.4) is 0 Å². The van der Waals surface area contributed by atoms with E-state index < -0.39 is 11.7 Å². The number of hydrogen-bond donors (Lipinski definition) is 1. The van der Waals surface area contributed by atoms with Gasteiger partial charge in [0.25, 0.3) is 0 Å². The number of alkyl halides is 3. The van der Waals surface area contributed by atoms with Crippen molar-refractivity contribution in [2.75, 3.05) is 0 Å². The molecule has 0 aliphatic heterocycles. The third-order valence-electron chi connectivity index (χ3n) is 2.99. The molecule has 0 heterocycles. The van der Waals surface area contributed by atoms with E-state index in [9.17, 15) is 13.2 Å². The van der Waals surface area contributed by atoms with Crippen LogP contribution in [0.25, 0.3) is 0 Å². The summed E-state index contributed by atoms with van der Waals surface area (Å²) in [6.45, 7) is 0. The van der Waals surface area contributed by atoms with Crippen molar-refractivity contribution >= 4 is 22.6 Å². The second kappa shape index (κ2) is 6.13. The van der Waals surface area contributed by atoms with Gasteiger partial charge in [-0.05, 0) is 58.3 Å². The Morgan fingerprint density at radius 1 is 1.05 bits per heavy atom. The first kappa shape index (κ1) is 15.3. The summed E-state index contributed by atoms with van der Waals surface area (Å²) in [5.74, 6) is 0. The molecule has 0 bridgehead atoms. The van der Waals surface area contributed by atoms with Crippen molar-refractivity contribution in [2.24, 2.45) is 5.73 Å². The molecule has 0 radical (unpaired) electrons. The number of hydrogen-bond acceptors (Lipinski definition) is 1. The Labute approximate surface area is 129 Å². The summed E-state index contributed by atoms with van der Waals surface area (Å²) in [6, 6.07) is 12.7. The van der Waals surface area contributed by atoms with Crippen LogP contribution in [-0.2, 0) is 12.6 Å². The van der Waals surface area contributed by atoms with E-state index in [1.807, 2.05) is 24.3 Å². The van der Waals surface area contributed by atoms with E-state index in [4.69, 9.17) is 5.73 Å². The highest BCUT2D eigenvalue weighted by Gasteiger charge is 2.30. The average molecular weight is 391 g/mol. The number of halogens is 4. The van der Waals surface area contributed by atoms with Gasteiger partial charge in [-0.1, -0.05) is 30.3 Å². The van der Waals surface area contributed by atoms with Gasteiger partial charge in [0.2, 0.25) is 0 Å². The lowest BCUT2D eigenvalue weighted by atomic mass is 9.98. The summed E-state index contributed by atoms with van der Waals surface area (Å²) in [4.78, 5) is 0. The maximum atomic E-state index is 12.6. The van der Waals surface area contributed by atoms with Gasteiger partial charge in [-0.2, -0.15) is 13.2 Å². The highest BCUT2D eigenvalue weighted by Crippen LogP contribution is 2.30. The molecule has 2 N–H and O–H groups in total. The minimum absolute atomic E-state index is 0.312. The zero-order valence-electron chi connectivity index (χ0n) is 10.5. The van der Waals surface area contributed by atoms with Crippen LogP contribution in [-0.4, -0.2) is 0 Å². The Hall–Kier alpha value is -1.08. The van der Waals surface area contributed by atoms with Crippen molar-refractivity contribution < 1.29 is 13.2 Å². The van der Waals surface area contributed by atoms with Gasteiger partial charge in [0.1, 0.15) is 0 Å². The quantitative estimate of drug-likeness (QED) is 0.764. The largest absolute Gasteiger partial charge is 0.416 e. The molecular formula is C15H13F3IN. The van der Waals surface area contributed by atoms with Gasteiger partial charge in [0.15, 0.2) is 0 Å². The molecule has 0 spiro atoms. The van der Waals surface area contributed by atoms with E-state index >= 15 is 0 Å². The number of nitrogens with two attached hydrogens (primary N) is 1. The molecule has 0 amide bonds. The fourth-order valence-electron chi connectivity index (χ4n) is 1.98. The van der Waals surface area contributed by atoms with Gasteiger partial charge in [-0.15, -0.1) is 0 Å². The summed E-state index contributed by atoms with van der Waals surface area (Å²) < 4.78 is 39.0. The molecule has 2 rings (SSSR count). The molecule has 0 saturated carbocycles. The van der Waals surface area contributed by atoms with Crippen molar-refractivity contribution in [3.63, 3.8) is 0 Å². The fourth-order valence-corrected chi connectivity index (χ4v) is 2.55. The molecule has 5 heteroatoms. The zero-order chi connectivity index (χ0) is 14.8. The monoisotopic (exact) mass is 391 g/mol. The summed E-state index contributed by atoms with van der Waals surface area (Å²) in [6.07, 6.45) is -3.94.